The molecule has 0 aliphatic rings. The van der Waals surface area contributed by atoms with Gasteiger partial charge in [0.1, 0.15) is 5.75 Å². The standard InChI is InChI=1S/C21H19BrClN5O4/c1-12-20(22)13(2)27(26-12)11-15-8-14(4-7-19(15)32-3)10-24-25-21(29)17-6-5-16(28(30)31)9-18(17)23/h4-10H,11H2,1-3H3,(H,25,29)/b24-10+. The molecular weight excluding hydrogens is 502 g/mol. The van der Waals surface area contributed by atoms with Crippen LogP contribution in [0, 0.1) is 24.0 Å². The van der Waals surface area contributed by atoms with Crippen LogP contribution in [0.5, 0.6) is 5.75 Å². The second kappa shape index (κ2) is 9.92. The average Bonchev–Trinajstić information content (AvgIpc) is 3.00. The molecule has 0 saturated carbocycles. The van der Waals surface area contributed by atoms with Crippen LogP contribution >= 0.6 is 27.5 Å². The van der Waals surface area contributed by atoms with Gasteiger partial charge in [0.05, 0.1) is 51.2 Å². The molecular formula is C21H19BrClN5O4. The van der Waals surface area contributed by atoms with Crippen LogP contribution in [0.15, 0.2) is 46.0 Å². The Morgan fingerprint density at radius 3 is 2.69 bits per heavy atom. The van der Waals surface area contributed by atoms with Crippen LogP contribution in [-0.2, 0) is 6.54 Å². The predicted molar refractivity (Wildman–Crippen MR) is 125 cm³/mol. The van der Waals surface area contributed by atoms with E-state index in [0.717, 1.165) is 33.1 Å². The molecule has 3 rings (SSSR count). The fourth-order valence-electron chi connectivity index (χ4n) is 3.02. The highest BCUT2D eigenvalue weighted by Crippen LogP contribution is 2.25. The van der Waals surface area contributed by atoms with Gasteiger partial charge in [0.2, 0.25) is 0 Å². The fraction of sp³-hybridized carbons (Fsp3) is 0.190. The van der Waals surface area contributed by atoms with Crippen LogP contribution in [0.2, 0.25) is 5.02 Å². The van der Waals surface area contributed by atoms with E-state index in [0.29, 0.717) is 12.3 Å². The summed E-state index contributed by atoms with van der Waals surface area (Å²) in [6, 6.07) is 9.10. The molecule has 0 fully saturated rings. The summed E-state index contributed by atoms with van der Waals surface area (Å²) in [5.41, 5.74) is 5.77. The van der Waals surface area contributed by atoms with E-state index in [1.54, 1.807) is 13.2 Å². The minimum Gasteiger partial charge on any atom is -0.496 e. The van der Waals surface area contributed by atoms with Crippen LogP contribution in [-0.4, -0.2) is 33.9 Å². The fourth-order valence-corrected chi connectivity index (χ4v) is 3.56. The Balaban J connectivity index is 1.76. The van der Waals surface area contributed by atoms with Crippen LogP contribution in [0.3, 0.4) is 0 Å². The third kappa shape index (κ3) is 5.14. The minimum atomic E-state index is -0.586. The molecule has 0 radical (unpaired) electrons. The van der Waals surface area contributed by atoms with Gasteiger partial charge in [0.25, 0.3) is 11.6 Å². The van der Waals surface area contributed by atoms with E-state index in [4.69, 9.17) is 16.3 Å². The van der Waals surface area contributed by atoms with Crippen molar-refractivity contribution in [3.8, 4) is 5.75 Å². The summed E-state index contributed by atoms with van der Waals surface area (Å²) in [5.74, 6) is 0.120. The van der Waals surface area contributed by atoms with Gasteiger partial charge in [-0.2, -0.15) is 10.2 Å². The van der Waals surface area contributed by atoms with Crippen molar-refractivity contribution in [2.24, 2.45) is 5.10 Å². The number of methoxy groups -OCH3 is 1. The van der Waals surface area contributed by atoms with E-state index >= 15 is 0 Å². The van der Waals surface area contributed by atoms with Gasteiger partial charge >= 0.3 is 0 Å². The number of nitro groups is 1. The Labute approximate surface area is 197 Å². The number of aryl methyl sites for hydroxylation is 1. The van der Waals surface area contributed by atoms with E-state index in [1.165, 1.54) is 18.3 Å². The zero-order valence-corrected chi connectivity index (χ0v) is 19.8. The van der Waals surface area contributed by atoms with Crippen molar-refractivity contribution in [1.29, 1.82) is 0 Å². The SMILES string of the molecule is COc1ccc(/C=N/NC(=O)c2ccc([N+](=O)[O-])cc2Cl)cc1Cn1nc(C)c(Br)c1C. The number of hydrogen-bond donors (Lipinski definition) is 1. The van der Waals surface area contributed by atoms with Crippen molar-refractivity contribution in [3.05, 3.63) is 84.1 Å². The number of carbonyl (C=O) groups excluding carboxylic acids is 1. The summed E-state index contributed by atoms with van der Waals surface area (Å²) in [6.45, 7) is 4.39. The summed E-state index contributed by atoms with van der Waals surface area (Å²) in [4.78, 5) is 22.5. The monoisotopic (exact) mass is 519 g/mol. The van der Waals surface area contributed by atoms with Gasteiger partial charge in [-0.25, -0.2) is 5.43 Å². The molecule has 1 N–H and O–H groups in total. The summed E-state index contributed by atoms with van der Waals surface area (Å²) in [6.07, 6.45) is 1.48. The lowest BCUT2D eigenvalue weighted by atomic mass is 10.1. The summed E-state index contributed by atoms with van der Waals surface area (Å²) < 4.78 is 8.29. The van der Waals surface area contributed by atoms with Crippen molar-refractivity contribution >= 4 is 45.3 Å². The molecule has 0 saturated heterocycles. The van der Waals surface area contributed by atoms with Crippen molar-refractivity contribution in [2.75, 3.05) is 7.11 Å². The number of nitrogens with one attached hydrogen (secondary N) is 1. The number of halogens is 2. The first-order valence-corrected chi connectivity index (χ1v) is 10.5. The largest absolute Gasteiger partial charge is 0.496 e. The molecule has 2 aromatic carbocycles. The van der Waals surface area contributed by atoms with Crippen molar-refractivity contribution in [1.82, 2.24) is 15.2 Å². The smallest absolute Gasteiger partial charge is 0.272 e. The Morgan fingerprint density at radius 1 is 1.34 bits per heavy atom. The van der Waals surface area contributed by atoms with Gasteiger partial charge in [-0.05, 0) is 59.6 Å². The predicted octanol–water partition coefficient (Wildman–Crippen LogP) is 4.64. The van der Waals surface area contributed by atoms with Gasteiger partial charge in [-0.15, -0.1) is 0 Å². The maximum atomic E-state index is 12.3. The highest BCUT2D eigenvalue weighted by atomic mass is 79.9. The third-order valence-corrected chi connectivity index (χ3v) is 6.17. The van der Waals surface area contributed by atoms with Crippen molar-refractivity contribution in [2.45, 2.75) is 20.4 Å². The Morgan fingerprint density at radius 2 is 2.09 bits per heavy atom. The third-order valence-electron chi connectivity index (χ3n) is 4.71. The van der Waals surface area contributed by atoms with E-state index in [2.05, 4.69) is 31.6 Å². The maximum absolute atomic E-state index is 12.3. The topological polar surface area (TPSA) is 112 Å². The number of rotatable bonds is 7. The van der Waals surface area contributed by atoms with Crippen LogP contribution < -0.4 is 10.2 Å². The Kier molecular flexibility index (Phi) is 7.26. The van der Waals surface area contributed by atoms with Crippen LogP contribution in [0.4, 0.5) is 5.69 Å². The second-order valence-corrected chi connectivity index (χ2v) is 8.03. The number of ether oxygens (including phenoxy) is 1. The highest BCUT2D eigenvalue weighted by molar-refractivity contribution is 9.10. The molecule has 0 bridgehead atoms. The van der Waals surface area contributed by atoms with E-state index in [9.17, 15) is 14.9 Å². The molecule has 166 valence electrons. The molecule has 0 atom stereocenters. The number of non-ortho nitro benzene ring substituents is 1. The number of hydrogen-bond acceptors (Lipinski definition) is 6. The van der Waals surface area contributed by atoms with E-state index in [1.807, 2.05) is 30.7 Å². The summed E-state index contributed by atoms with van der Waals surface area (Å²) in [5, 5.41) is 19.3. The minimum absolute atomic E-state index is 0.0327. The number of hydrazone groups is 1. The molecule has 1 amide bonds. The molecule has 0 aliphatic carbocycles. The van der Waals surface area contributed by atoms with Crippen LogP contribution in [0.25, 0.3) is 0 Å². The first-order chi connectivity index (χ1) is 15.2. The number of carbonyl (C=O) groups is 1. The normalized spacial score (nSPS) is 11.0. The number of benzene rings is 2. The zero-order valence-electron chi connectivity index (χ0n) is 17.4. The van der Waals surface area contributed by atoms with E-state index in [-0.39, 0.29) is 16.3 Å². The molecule has 1 heterocycles. The van der Waals surface area contributed by atoms with E-state index < -0.39 is 10.8 Å². The van der Waals surface area contributed by atoms with Crippen LogP contribution in [0.1, 0.15) is 32.9 Å². The second-order valence-electron chi connectivity index (χ2n) is 6.83. The molecule has 0 unspecified atom stereocenters. The number of nitrogens with zero attached hydrogens (tertiary/aromatic N) is 4. The number of nitro benzene ring substituents is 1. The van der Waals surface area contributed by atoms with Gasteiger partial charge in [-0.3, -0.25) is 19.6 Å². The van der Waals surface area contributed by atoms with Crippen molar-refractivity contribution < 1.29 is 14.5 Å². The first kappa shape index (κ1) is 23.4. The average molecular weight is 521 g/mol. The number of aromatic nitrogens is 2. The molecule has 11 heteroatoms. The van der Waals surface area contributed by atoms with Gasteiger partial charge in [0, 0.05) is 17.7 Å². The lowest BCUT2D eigenvalue weighted by molar-refractivity contribution is -0.384. The molecule has 3 aromatic rings. The highest BCUT2D eigenvalue weighted by Gasteiger charge is 2.15. The van der Waals surface area contributed by atoms with Gasteiger partial charge in [-0.1, -0.05) is 11.6 Å². The number of amides is 1. The van der Waals surface area contributed by atoms with Crippen molar-refractivity contribution in [3.63, 3.8) is 0 Å². The lowest BCUT2D eigenvalue weighted by Gasteiger charge is -2.11. The Bertz CT molecular complexity index is 1230. The molecule has 0 spiro atoms. The molecule has 9 nitrogen and oxygen atoms in total. The lowest BCUT2D eigenvalue weighted by Crippen LogP contribution is -2.18. The quantitative estimate of drug-likeness (QED) is 0.277. The van der Waals surface area contributed by atoms with Gasteiger partial charge < -0.3 is 4.74 Å². The summed E-state index contributed by atoms with van der Waals surface area (Å²) >= 11 is 9.51. The summed E-state index contributed by atoms with van der Waals surface area (Å²) in [7, 11) is 1.60. The Hall–Kier alpha value is -3.24. The molecule has 0 aliphatic heterocycles. The maximum Gasteiger partial charge on any atom is 0.272 e. The zero-order chi connectivity index (χ0) is 23.4. The first-order valence-electron chi connectivity index (χ1n) is 9.35. The molecule has 1 aromatic heterocycles. The molecule has 32 heavy (non-hydrogen) atoms. The van der Waals surface area contributed by atoms with Gasteiger partial charge in [0.15, 0.2) is 0 Å².